The predicted molar refractivity (Wildman–Crippen MR) is 128 cm³/mol. The lowest BCUT2D eigenvalue weighted by Gasteiger charge is -2.30. The maximum absolute atomic E-state index is 13.6. The fourth-order valence-electron chi connectivity index (χ4n) is 3.67. The first-order valence-corrected chi connectivity index (χ1v) is 11.1. The minimum Gasteiger partial charge on any atom is -0.357 e. The minimum absolute atomic E-state index is 0.0586. The molecule has 4 nitrogen and oxygen atoms in total. The summed E-state index contributed by atoms with van der Waals surface area (Å²) in [5, 5.41) is 2.67. The quantitative estimate of drug-likeness (QED) is 0.487. The van der Waals surface area contributed by atoms with Crippen LogP contribution in [0, 0.1) is 0 Å². The van der Waals surface area contributed by atoms with Gasteiger partial charge in [0, 0.05) is 30.4 Å². The van der Waals surface area contributed by atoms with E-state index in [2.05, 4.69) is 21.2 Å². The molecule has 0 unspecified atom stereocenters. The fourth-order valence-corrected chi connectivity index (χ4v) is 3.93. The van der Waals surface area contributed by atoms with Gasteiger partial charge < -0.3 is 10.2 Å². The van der Waals surface area contributed by atoms with Crippen molar-refractivity contribution in [2.24, 2.45) is 0 Å². The summed E-state index contributed by atoms with van der Waals surface area (Å²) in [5.41, 5.74) is 3.14. The molecule has 0 aromatic heterocycles. The number of halogens is 1. The van der Waals surface area contributed by atoms with Crippen molar-refractivity contribution in [2.75, 3.05) is 7.05 Å². The Morgan fingerprint density at radius 2 is 1.39 bits per heavy atom. The highest BCUT2D eigenvalue weighted by molar-refractivity contribution is 9.10. The van der Waals surface area contributed by atoms with Crippen LogP contribution in [0.1, 0.15) is 36.0 Å². The van der Waals surface area contributed by atoms with Crippen LogP contribution in [0.2, 0.25) is 0 Å². The van der Waals surface area contributed by atoms with Gasteiger partial charge in [0.1, 0.15) is 6.04 Å². The Morgan fingerprint density at radius 3 is 1.87 bits per heavy atom. The van der Waals surface area contributed by atoms with Crippen molar-refractivity contribution in [2.45, 2.75) is 31.8 Å². The smallest absolute Gasteiger partial charge is 0.242 e. The molecule has 3 rings (SSSR count). The third kappa shape index (κ3) is 6.05. The van der Waals surface area contributed by atoms with Crippen LogP contribution in [-0.4, -0.2) is 29.8 Å². The second-order valence-corrected chi connectivity index (χ2v) is 8.43. The molecule has 3 aromatic rings. The zero-order chi connectivity index (χ0) is 22.2. The van der Waals surface area contributed by atoms with E-state index in [1.807, 2.05) is 84.9 Å². The summed E-state index contributed by atoms with van der Waals surface area (Å²) < 4.78 is 0.974. The highest BCUT2D eigenvalue weighted by atomic mass is 79.9. The average molecular weight is 479 g/mol. The molecule has 0 saturated heterocycles. The van der Waals surface area contributed by atoms with Gasteiger partial charge in [-0.1, -0.05) is 88.7 Å². The number of nitrogens with one attached hydrogen (secondary N) is 1. The van der Waals surface area contributed by atoms with Crippen LogP contribution < -0.4 is 5.32 Å². The summed E-state index contributed by atoms with van der Waals surface area (Å²) in [6, 6.07) is 27.3. The fraction of sp³-hybridized carbons (Fsp3) is 0.231. The molecule has 0 bridgehead atoms. The zero-order valence-corrected chi connectivity index (χ0v) is 19.4. The van der Waals surface area contributed by atoms with Gasteiger partial charge in [0.15, 0.2) is 0 Å². The number of carbonyl (C=O) groups excluding carboxylic acids is 2. The minimum atomic E-state index is -0.576. The number of hydrogen-bond donors (Lipinski definition) is 1. The van der Waals surface area contributed by atoms with Gasteiger partial charge in [-0.25, -0.2) is 0 Å². The third-order valence-corrected chi connectivity index (χ3v) is 5.99. The maximum Gasteiger partial charge on any atom is 0.242 e. The highest BCUT2D eigenvalue weighted by Gasteiger charge is 2.28. The Labute approximate surface area is 192 Å². The van der Waals surface area contributed by atoms with E-state index in [0.29, 0.717) is 6.54 Å². The first-order chi connectivity index (χ1) is 15.0. The molecule has 0 aliphatic heterocycles. The van der Waals surface area contributed by atoms with Crippen molar-refractivity contribution in [3.05, 3.63) is 106 Å². The summed E-state index contributed by atoms with van der Waals surface area (Å²) in [4.78, 5) is 27.7. The normalized spacial score (nSPS) is 11.7. The number of rotatable bonds is 8. The summed E-state index contributed by atoms with van der Waals surface area (Å²) >= 11 is 3.44. The molecule has 0 saturated carbocycles. The lowest BCUT2D eigenvalue weighted by atomic mass is 9.88. The van der Waals surface area contributed by atoms with Gasteiger partial charge in [0.25, 0.3) is 0 Å². The summed E-state index contributed by atoms with van der Waals surface area (Å²) in [5.74, 6) is -0.322. The van der Waals surface area contributed by atoms with Crippen molar-refractivity contribution < 1.29 is 9.59 Å². The van der Waals surface area contributed by atoms with Crippen LogP contribution in [0.4, 0.5) is 0 Å². The molecule has 0 radical (unpaired) electrons. The number of hydrogen-bond acceptors (Lipinski definition) is 2. The second kappa shape index (κ2) is 10.9. The topological polar surface area (TPSA) is 49.4 Å². The van der Waals surface area contributed by atoms with Gasteiger partial charge in [-0.3, -0.25) is 9.59 Å². The van der Waals surface area contributed by atoms with Crippen molar-refractivity contribution in [1.29, 1.82) is 0 Å². The van der Waals surface area contributed by atoms with E-state index in [0.717, 1.165) is 21.2 Å². The third-order valence-electron chi connectivity index (χ3n) is 5.46. The van der Waals surface area contributed by atoms with Crippen LogP contribution in [0.25, 0.3) is 0 Å². The number of carbonyl (C=O) groups is 2. The van der Waals surface area contributed by atoms with Gasteiger partial charge in [0.05, 0.1) is 0 Å². The zero-order valence-electron chi connectivity index (χ0n) is 17.8. The van der Waals surface area contributed by atoms with Crippen molar-refractivity contribution in [3.63, 3.8) is 0 Å². The lowest BCUT2D eigenvalue weighted by Crippen LogP contribution is -2.47. The van der Waals surface area contributed by atoms with Gasteiger partial charge in [-0.05, 0) is 35.7 Å². The van der Waals surface area contributed by atoms with Crippen molar-refractivity contribution in [3.8, 4) is 0 Å². The molecule has 160 valence electrons. The van der Waals surface area contributed by atoms with E-state index < -0.39 is 6.04 Å². The molecular weight excluding hydrogens is 452 g/mol. The van der Waals surface area contributed by atoms with E-state index >= 15 is 0 Å². The van der Waals surface area contributed by atoms with Gasteiger partial charge in [-0.15, -0.1) is 0 Å². The molecule has 0 fully saturated rings. The monoisotopic (exact) mass is 478 g/mol. The van der Waals surface area contributed by atoms with Gasteiger partial charge >= 0.3 is 0 Å². The lowest BCUT2D eigenvalue weighted by molar-refractivity contribution is -0.140. The summed E-state index contributed by atoms with van der Waals surface area (Å²) in [6.45, 7) is 2.15. The molecule has 5 heteroatoms. The van der Waals surface area contributed by atoms with Crippen LogP contribution >= 0.6 is 15.9 Å². The number of nitrogens with zero attached hydrogens (tertiary/aromatic N) is 1. The van der Waals surface area contributed by atoms with Crippen molar-refractivity contribution in [1.82, 2.24) is 10.2 Å². The van der Waals surface area contributed by atoms with E-state index in [1.165, 1.54) is 0 Å². The maximum atomic E-state index is 13.6. The molecule has 31 heavy (non-hydrogen) atoms. The van der Waals surface area contributed by atoms with Crippen LogP contribution in [0.15, 0.2) is 89.4 Å². The van der Waals surface area contributed by atoms with E-state index in [4.69, 9.17) is 0 Å². The van der Waals surface area contributed by atoms with E-state index in [-0.39, 0.29) is 24.2 Å². The van der Waals surface area contributed by atoms with Crippen molar-refractivity contribution >= 4 is 27.7 Å². The average Bonchev–Trinajstić information content (AvgIpc) is 2.82. The molecule has 2 amide bonds. The highest BCUT2D eigenvalue weighted by Crippen LogP contribution is 2.29. The second-order valence-electron chi connectivity index (χ2n) is 7.52. The Hall–Kier alpha value is -2.92. The summed E-state index contributed by atoms with van der Waals surface area (Å²) in [6.07, 6.45) is 0.284. The molecule has 1 N–H and O–H groups in total. The van der Waals surface area contributed by atoms with Crippen LogP contribution in [0.3, 0.4) is 0 Å². The van der Waals surface area contributed by atoms with E-state index in [1.54, 1.807) is 18.9 Å². The van der Waals surface area contributed by atoms with Crippen LogP contribution in [-0.2, 0) is 16.1 Å². The SMILES string of the molecule is CNC(=O)[C@H](C)N(Cc1ccc(Br)cc1)C(=O)CC(c1ccccc1)c1ccccc1. The molecule has 0 spiro atoms. The Balaban J connectivity index is 1.90. The Kier molecular flexibility index (Phi) is 8.01. The first-order valence-electron chi connectivity index (χ1n) is 10.3. The van der Waals surface area contributed by atoms with Crippen LogP contribution in [0.5, 0.6) is 0 Å². The standard InChI is InChI=1S/C26H27BrN2O2/c1-19(26(31)28-2)29(18-20-13-15-23(27)16-14-20)25(30)17-24(21-9-5-3-6-10-21)22-11-7-4-8-12-22/h3-16,19,24H,17-18H2,1-2H3,(H,28,31)/t19-/m0/s1. The molecule has 0 heterocycles. The molecule has 3 aromatic carbocycles. The Morgan fingerprint density at radius 1 is 0.871 bits per heavy atom. The first kappa shape index (κ1) is 22.8. The van der Waals surface area contributed by atoms with E-state index in [9.17, 15) is 9.59 Å². The van der Waals surface area contributed by atoms with Gasteiger partial charge in [-0.2, -0.15) is 0 Å². The molecule has 0 aliphatic carbocycles. The Bertz CT molecular complexity index is 951. The number of likely N-dealkylation sites (N-methyl/N-ethyl adjacent to an activating group) is 1. The molecular formula is C26H27BrN2O2. The number of amides is 2. The van der Waals surface area contributed by atoms with Gasteiger partial charge in [0.2, 0.25) is 11.8 Å². The summed E-state index contributed by atoms with van der Waals surface area (Å²) in [7, 11) is 1.60. The molecule has 0 aliphatic rings. The predicted octanol–water partition coefficient (Wildman–Crippen LogP) is 5.13. The molecule has 1 atom stereocenters. The number of benzene rings is 3. The largest absolute Gasteiger partial charge is 0.357 e.